The molecule has 0 saturated carbocycles. The number of nitrogens with two attached hydrogens (primary N) is 1. The predicted octanol–water partition coefficient (Wildman–Crippen LogP) is 4.96. The Balaban J connectivity index is 0.00000145. The lowest BCUT2D eigenvalue weighted by Crippen LogP contribution is -1.99. The second kappa shape index (κ2) is 11.4. The van der Waals surface area contributed by atoms with Crippen molar-refractivity contribution in [1.82, 2.24) is 10.1 Å². The zero-order valence-electron chi connectivity index (χ0n) is 17.4. The lowest BCUT2D eigenvalue weighted by atomic mass is 10.1. The minimum Gasteiger partial charge on any atom is -0.489 e. The van der Waals surface area contributed by atoms with E-state index in [1.165, 1.54) is 0 Å². The highest BCUT2D eigenvalue weighted by Gasteiger charge is 2.10. The minimum absolute atomic E-state index is 0.427. The van der Waals surface area contributed by atoms with E-state index in [-0.39, 0.29) is 0 Å². The molecule has 3 aromatic rings. The highest BCUT2D eigenvalue weighted by Crippen LogP contribution is 2.25. The van der Waals surface area contributed by atoms with Gasteiger partial charge in [-0.1, -0.05) is 31.1 Å². The van der Waals surface area contributed by atoms with E-state index in [1.807, 2.05) is 69.3 Å². The van der Waals surface area contributed by atoms with Gasteiger partial charge in [-0.3, -0.25) is 4.99 Å². The summed E-state index contributed by atoms with van der Waals surface area (Å²) in [6.45, 7) is 6.54. The number of anilines is 1. The summed E-state index contributed by atoms with van der Waals surface area (Å²) in [7, 11) is 1.74. The maximum absolute atomic E-state index is 5.88. The van der Waals surface area contributed by atoms with E-state index in [4.69, 9.17) is 15.0 Å². The normalized spacial score (nSPS) is 11.2. The van der Waals surface area contributed by atoms with Crippen LogP contribution < -0.4 is 10.5 Å². The lowest BCUT2D eigenvalue weighted by Gasteiger charge is -2.06. The summed E-state index contributed by atoms with van der Waals surface area (Å²) in [5.74, 6) is 1.87. The van der Waals surface area contributed by atoms with Crippen LogP contribution in [0.2, 0.25) is 0 Å². The number of ether oxygens (including phenoxy) is 1. The summed E-state index contributed by atoms with van der Waals surface area (Å²) in [5.41, 5.74) is 9.69. The van der Waals surface area contributed by atoms with Crippen LogP contribution in [0.3, 0.4) is 0 Å². The van der Waals surface area contributed by atoms with Gasteiger partial charge in [0, 0.05) is 31.9 Å². The number of nitrogen functional groups attached to an aromatic ring is 1. The van der Waals surface area contributed by atoms with Crippen molar-refractivity contribution < 1.29 is 9.26 Å². The van der Waals surface area contributed by atoms with E-state index in [9.17, 15) is 0 Å². The second-order valence-electron chi connectivity index (χ2n) is 6.15. The standard InChI is InChI=1S/C21H22N4O2.C2H6/c1-15(9-11-23-2)14-26-18-7-5-16(6-8-18)12-17-13-20(27-25-17)19-4-3-10-24-21(19)22;1-2/h3-11,13H,12,14H2,1-2H3,(H2,22,24);1-2H3/b15-9+,23-11?;. The van der Waals surface area contributed by atoms with Crippen LogP contribution in [0.5, 0.6) is 5.75 Å². The average Bonchev–Trinajstić information content (AvgIpc) is 3.21. The molecule has 3 rings (SSSR count). The molecule has 2 aromatic heterocycles. The van der Waals surface area contributed by atoms with Crippen LogP contribution >= 0.6 is 0 Å². The average molecular weight is 393 g/mol. The van der Waals surface area contributed by atoms with Gasteiger partial charge in [0.2, 0.25) is 0 Å². The summed E-state index contributed by atoms with van der Waals surface area (Å²) in [5, 5.41) is 4.13. The molecule has 152 valence electrons. The number of hydrogen-bond donors (Lipinski definition) is 1. The first kappa shape index (κ1) is 21.9. The van der Waals surface area contributed by atoms with Crippen molar-refractivity contribution in [2.24, 2.45) is 4.99 Å². The molecule has 0 spiro atoms. The van der Waals surface area contributed by atoms with Crippen molar-refractivity contribution in [2.45, 2.75) is 27.2 Å². The number of hydrogen-bond acceptors (Lipinski definition) is 6. The van der Waals surface area contributed by atoms with Gasteiger partial charge >= 0.3 is 0 Å². The number of rotatable bonds is 7. The molecule has 2 N–H and O–H groups in total. The molecule has 0 unspecified atom stereocenters. The lowest BCUT2D eigenvalue weighted by molar-refractivity contribution is 0.352. The Morgan fingerprint density at radius 1 is 1.21 bits per heavy atom. The summed E-state index contributed by atoms with van der Waals surface area (Å²) in [4.78, 5) is 8.00. The van der Waals surface area contributed by atoms with E-state index >= 15 is 0 Å². The molecule has 6 heteroatoms. The third-order valence-corrected chi connectivity index (χ3v) is 3.95. The first-order chi connectivity index (χ1) is 14.2. The van der Waals surface area contributed by atoms with Crippen LogP contribution in [0.15, 0.2) is 69.8 Å². The third kappa shape index (κ3) is 6.60. The molecule has 0 radical (unpaired) electrons. The zero-order valence-corrected chi connectivity index (χ0v) is 17.4. The molecule has 0 aliphatic carbocycles. The molecule has 0 bridgehead atoms. The molecule has 0 aliphatic rings. The van der Waals surface area contributed by atoms with Gasteiger partial charge < -0.3 is 15.0 Å². The van der Waals surface area contributed by atoms with Crippen LogP contribution in [0.1, 0.15) is 32.0 Å². The molecule has 0 fully saturated rings. The van der Waals surface area contributed by atoms with Gasteiger partial charge in [-0.15, -0.1) is 0 Å². The van der Waals surface area contributed by atoms with Gasteiger partial charge in [0.1, 0.15) is 18.2 Å². The summed E-state index contributed by atoms with van der Waals surface area (Å²) in [6, 6.07) is 13.5. The van der Waals surface area contributed by atoms with Gasteiger partial charge in [-0.25, -0.2) is 4.98 Å². The van der Waals surface area contributed by atoms with Crippen molar-refractivity contribution in [3.8, 4) is 17.1 Å². The number of benzene rings is 1. The van der Waals surface area contributed by atoms with Crippen LogP contribution in [-0.2, 0) is 6.42 Å². The molecule has 29 heavy (non-hydrogen) atoms. The fraction of sp³-hybridized carbons (Fsp3) is 0.261. The van der Waals surface area contributed by atoms with Crippen LogP contribution in [0.25, 0.3) is 11.3 Å². The van der Waals surface area contributed by atoms with Gasteiger partial charge in [0.25, 0.3) is 0 Å². The monoisotopic (exact) mass is 392 g/mol. The van der Waals surface area contributed by atoms with Gasteiger partial charge in [0.05, 0.1) is 11.3 Å². The highest BCUT2D eigenvalue weighted by molar-refractivity contribution is 5.71. The molecule has 0 amide bonds. The van der Waals surface area contributed by atoms with Crippen molar-refractivity contribution in [2.75, 3.05) is 19.4 Å². The molecule has 6 nitrogen and oxygen atoms in total. The number of nitrogens with zero attached hydrogens (tertiary/aromatic N) is 3. The van der Waals surface area contributed by atoms with Gasteiger partial charge in [-0.2, -0.15) is 0 Å². The molecule has 2 heterocycles. The Hall–Kier alpha value is -3.41. The zero-order chi connectivity index (χ0) is 21.1. The number of allylic oxidation sites excluding steroid dienone is 1. The van der Waals surface area contributed by atoms with Gasteiger partial charge in [0.15, 0.2) is 5.76 Å². The largest absolute Gasteiger partial charge is 0.489 e. The maximum atomic E-state index is 5.88. The SMILES string of the molecule is CC.CN=C/C=C(\C)COc1ccc(Cc2cc(-c3cccnc3N)on2)cc1. The van der Waals surface area contributed by atoms with Crippen LogP contribution in [0, 0.1) is 0 Å². The van der Waals surface area contributed by atoms with E-state index in [0.717, 1.165) is 28.1 Å². The Morgan fingerprint density at radius 3 is 2.66 bits per heavy atom. The minimum atomic E-state index is 0.427. The van der Waals surface area contributed by atoms with Crippen molar-refractivity contribution in [3.05, 3.63) is 71.6 Å². The fourth-order valence-corrected chi connectivity index (χ4v) is 2.51. The van der Waals surface area contributed by atoms with E-state index in [2.05, 4.69) is 15.1 Å². The molecular weight excluding hydrogens is 364 g/mol. The summed E-state index contributed by atoms with van der Waals surface area (Å²) in [6.07, 6.45) is 6.00. The molecule has 0 aliphatic heterocycles. The summed E-state index contributed by atoms with van der Waals surface area (Å²) >= 11 is 0. The number of aromatic nitrogens is 2. The fourth-order valence-electron chi connectivity index (χ4n) is 2.51. The molecule has 0 saturated heterocycles. The maximum Gasteiger partial charge on any atom is 0.170 e. The third-order valence-electron chi connectivity index (χ3n) is 3.95. The van der Waals surface area contributed by atoms with Crippen LogP contribution in [-0.4, -0.2) is 30.0 Å². The van der Waals surface area contributed by atoms with Crippen molar-refractivity contribution in [1.29, 1.82) is 0 Å². The Kier molecular flexibility index (Phi) is 8.63. The van der Waals surface area contributed by atoms with Crippen molar-refractivity contribution in [3.63, 3.8) is 0 Å². The second-order valence-corrected chi connectivity index (χ2v) is 6.15. The topological polar surface area (TPSA) is 86.5 Å². The smallest absolute Gasteiger partial charge is 0.170 e. The van der Waals surface area contributed by atoms with Crippen molar-refractivity contribution >= 4 is 12.0 Å². The Labute approximate surface area is 172 Å². The van der Waals surface area contributed by atoms with E-state index < -0.39 is 0 Å². The predicted molar refractivity (Wildman–Crippen MR) is 118 cm³/mol. The summed E-state index contributed by atoms with van der Waals surface area (Å²) < 4.78 is 11.2. The number of aliphatic imine (C=N–C) groups is 1. The number of pyridine rings is 1. The quantitative estimate of drug-likeness (QED) is 0.574. The van der Waals surface area contributed by atoms with E-state index in [1.54, 1.807) is 19.5 Å². The van der Waals surface area contributed by atoms with Crippen LogP contribution in [0.4, 0.5) is 5.82 Å². The molecule has 1 aromatic carbocycles. The van der Waals surface area contributed by atoms with Gasteiger partial charge in [-0.05, 0) is 48.4 Å². The highest BCUT2D eigenvalue weighted by atomic mass is 16.5. The molecule has 0 atom stereocenters. The first-order valence-electron chi connectivity index (χ1n) is 9.62. The molecular formula is C23H28N4O2. The van der Waals surface area contributed by atoms with E-state index in [0.29, 0.717) is 24.6 Å². The Morgan fingerprint density at radius 2 is 1.97 bits per heavy atom. The first-order valence-corrected chi connectivity index (χ1v) is 9.62. The Bertz CT molecular complexity index is 944.